The molecule has 1 aliphatic heterocycles. The van der Waals surface area contributed by atoms with Gasteiger partial charge in [0.1, 0.15) is 0 Å². The van der Waals surface area contributed by atoms with Crippen molar-refractivity contribution in [2.75, 3.05) is 26.8 Å². The van der Waals surface area contributed by atoms with Gasteiger partial charge in [-0.05, 0) is 31.9 Å². The molecule has 0 aliphatic carbocycles. The largest absolute Gasteiger partial charge is 0.381 e. The molecule has 1 unspecified atom stereocenters. The zero-order valence-electron chi connectivity index (χ0n) is 11.3. The first-order valence-corrected chi connectivity index (χ1v) is 6.80. The van der Waals surface area contributed by atoms with Crippen molar-refractivity contribution in [1.82, 2.24) is 4.90 Å². The molecule has 0 spiro atoms. The van der Waals surface area contributed by atoms with E-state index >= 15 is 0 Å². The first-order valence-electron chi connectivity index (χ1n) is 6.80. The summed E-state index contributed by atoms with van der Waals surface area (Å²) in [4.78, 5) is 2.41. The van der Waals surface area contributed by atoms with E-state index in [0.717, 1.165) is 39.0 Å². The number of hydrogen-bond donors (Lipinski definition) is 1. The van der Waals surface area contributed by atoms with Gasteiger partial charge in [0.2, 0.25) is 0 Å². The monoisotopic (exact) mass is 248 g/mol. The number of rotatable bonds is 4. The van der Waals surface area contributed by atoms with Crippen molar-refractivity contribution in [2.45, 2.75) is 31.3 Å². The van der Waals surface area contributed by atoms with E-state index in [-0.39, 0.29) is 5.54 Å². The summed E-state index contributed by atoms with van der Waals surface area (Å²) in [6.07, 6.45) is 3.27. The third kappa shape index (κ3) is 3.10. The van der Waals surface area contributed by atoms with Crippen LogP contribution in [0.25, 0.3) is 0 Å². The summed E-state index contributed by atoms with van der Waals surface area (Å²) in [5, 5.41) is 0. The Morgan fingerprint density at radius 2 is 2.00 bits per heavy atom. The molecule has 0 bridgehead atoms. The van der Waals surface area contributed by atoms with Crippen molar-refractivity contribution in [3.63, 3.8) is 0 Å². The Morgan fingerprint density at radius 1 is 1.22 bits per heavy atom. The van der Waals surface area contributed by atoms with Gasteiger partial charge in [0.25, 0.3) is 0 Å². The lowest BCUT2D eigenvalue weighted by atomic mass is 9.88. The van der Waals surface area contributed by atoms with Crippen LogP contribution < -0.4 is 5.73 Å². The highest BCUT2D eigenvalue weighted by molar-refractivity contribution is 5.15. The second-order valence-corrected chi connectivity index (χ2v) is 5.24. The van der Waals surface area contributed by atoms with Crippen LogP contribution in [0, 0.1) is 0 Å². The summed E-state index contributed by atoms with van der Waals surface area (Å²) in [5.41, 5.74) is 7.51. The van der Waals surface area contributed by atoms with Crippen LogP contribution in [0.15, 0.2) is 30.3 Å². The van der Waals surface area contributed by atoms with Crippen LogP contribution in [0.5, 0.6) is 0 Å². The number of hydrogen-bond acceptors (Lipinski definition) is 3. The predicted molar refractivity (Wildman–Crippen MR) is 74.4 cm³/mol. The number of likely N-dealkylation sites (N-methyl/N-ethyl adjacent to an activating group) is 1. The van der Waals surface area contributed by atoms with Crippen molar-refractivity contribution < 1.29 is 4.74 Å². The molecule has 1 aromatic rings. The molecule has 1 fully saturated rings. The molecule has 18 heavy (non-hydrogen) atoms. The highest BCUT2D eigenvalue weighted by atomic mass is 16.5. The van der Waals surface area contributed by atoms with Gasteiger partial charge >= 0.3 is 0 Å². The van der Waals surface area contributed by atoms with Crippen LogP contribution in [-0.2, 0) is 11.3 Å². The van der Waals surface area contributed by atoms with E-state index in [1.165, 1.54) is 5.56 Å². The zero-order valence-corrected chi connectivity index (χ0v) is 11.3. The Morgan fingerprint density at radius 3 is 2.72 bits per heavy atom. The Balaban J connectivity index is 2.06. The summed E-state index contributed by atoms with van der Waals surface area (Å²) in [6.45, 7) is 3.37. The molecule has 0 aromatic heterocycles. The molecule has 0 radical (unpaired) electrons. The van der Waals surface area contributed by atoms with Crippen LogP contribution in [0.4, 0.5) is 0 Å². The van der Waals surface area contributed by atoms with Gasteiger partial charge in [-0.2, -0.15) is 0 Å². The molecule has 3 heteroatoms. The second kappa shape index (κ2) is 6.32. The molecule has 1 aromatic carbocycles. The minimum Gasteiger partial charge on any atom is -0.381 e. The molecule has 1 atom stereocenters. The zero-order chi connectivity index (χ0) is 12.8. The molecule has 100 valence electrons. The highest BCUT2D eigenvalue weighted by Gasteiger charge is 2.33. The van der Waals surface area contributed by atoms with Gasteiger partial charge in [-0.25, -0.2) is 0 Å². The lowest BCUT2D eigenvalue weighted by Crippen LogP contribution is -2.51. The van der Waals surface area contributed by atoms with E-state index < -0.39 is 0 Å². The van der Waals surface area contributed by atoms with E-state index in [0.29, 0.717) is 6.54 Å². The van der Waals surface area contributed by atoms with E-state index in [2.05, 4.69) is 42.3 Å². The Labute approximate surface area is 110 Å². The van der Waals surface area contributed by atoms with Crippen LogP contribution in [0.3, 0.4) is 0 Å². The maximum Gasteiger partial charge on any atom is 0.0484 e. The molecular weight excluding hydrogens is 224 g/mol. The SMILES string of the molecule is CN(Cc1ccccc1)C1(CN)CCCOCC1. The van der Waals surface area contributed by atoms with Gasteiger partial charge in [-0.15, -0.1) is 0 Å². The van der Waals surface area contributed by atoms with E-state index in [9.17, 15) is 0 Å². The first-order chi connectivity index (χ1) is 8.77. The highest BCUT2D eigenvalue weighted by Crippen LogP contribution is 2.27. The topological polar surface area (TPSA) is 38.5 Å². The minimum absolute atomic E-state index is 0.104. The van der Waals surface area contributed by atoms with Gasteiger partial charge in [0, 0.05) is 31.8 Å². The Kier molecular flexibility index (Phi) is 4.75. The summed E-state index contributed by atoms with van der Waals surface area (Å²) >= 11 is 0. The molecule has 1 heterocycles. The van der Waals surface area contributed by atoms with Crippen LogP contribution >= 0.6 is 0 Å². The standard InChI is InChI=1S/C15H24N2O/c1-17(12-14-6-3-2-4-7-14)15(13-16)8-5-10-18-11-9-15/h2-4,6-7H,5,8-13,16H2,1H3. The van der Waals surface area contributed by atoms with Crippen molar-refractivity contribution in [1.29, 1.82) is 0 Å². The molecule has 0 amide bonds. The molecule has 1 aliphatic rings. The van der Waals surface area contributed by atoms with Crippen LogP contribution in [-0.4, -0.2) is 37.2 Å². The summed E-state index contributed by atoms with van der Waals surface area (Å²) in [7, 11) is 2.19. The van der Waals surface area contributed by atoms with Gasteiger partial charge < -0.3 is 10.5 Å². The van der Waals surface area contributed by atoms with Gasteiger partial charge in [0.15, 0.2) is 0 Å². The van der Waals surface area contributed by atoms with Crippen molar-refractivity contribution >= 4 is 0 Å². The fourth-order valence-corrected chi connectivity index (χ4v) is 2.76. The fourth-order valence-electron chi connectivity index (χ4n) is 2.76. The second-order valence-electron chi connectivity index (χ2n) is 5.24. The van der Waals surface area contributed by atoms with E-state index in [4.69, 9.17) is 10.5 Å². The van der Waals surface area contributed by atoms with Gasteiger partial charge in [-0.1, -0.05) is 30.3 Å². The van der Waals surface area contributed by atoms with Crippen molar-refractivity contribution in [2.24, 2.45) is 5.73 Å². The first kappa shape index (κ1) is 13.5. The average Bonchev–Trinajstić information content (AvgIpc) is 2.66. The molecular formula is C15H24N2O. The molecule has 2 N–H and O–H groups in total. The van der Waals surface area contributed by atoms with Gasteiger partial charge in [0.05, 0.1) is 0 Å². The number of ether oxygens (including phenoxy) is 1. The molecule has 1 saturated heterocycles. The van der Waals surface area contributed by atoms with Crippen molar-refractivity contribution in [3.8, 4) is 0 Å². The van der Waals surface area contributed by atoms with Crippen LogP contribution in [0.1, 0.15) is 24.8 Å². The predicted octanol–water partition coefficient (Wildman–Crippen LogP) is 2.02. The number of nitrogens with zero attached hydrogens (tertiary/aromatic N) is 1. The minimum atomic E-state index is 0.104. The lowest BCUT2D eigenvalue weighted by molar-refractivity contribution is 0.0835. The lowest BCUT2D eigenvalue weighted by Gasteiger charge is -2.40. The quantitative estimate of drug-likeness (QED) is 0.886. The normalized spacial score (nSPS) is 25.1. The molecule has 0 saturated carbocycles. The fraction of sp³-hybridized carbons (Fsp3) is 0.600. The summed E-state index contributed by atoms with van der Waals surface area (Å²) in [5.74, 6) is 0. The number of nitrogens with two attached hydrogens (primary N) is 1. The molecule has 3 nitrogen and oxygen atoms in total. The van der Waals surface area contributed by atoms with Gasteiger partial charge in [-0.3, -0.25) is 4.90 Å². The van der Waals surface area contributed by atoms with E-state index in [1.807, 2.05) is 0 Å². The van der Waals surface area contributed by atoms with E-state index in [1.54, 1.807) is 0 Å². The Bertz CT molecular complexity index is 345. The Hall–Kier alpha value is -0.900. The third-order valence-corrected chi connectivity index (χ3v) is 4.09. The third-order valence-electron chi connectivity index (χ3n) is 4.09. The molecule has 2 rings (SSSR count). The number of benzene rings is 1. The summed E-state index contributed by atoms with van der Waals surface area (Å²) < 4.78 is 5.57. The maximum absolute atomic E-state index is 6.07. The van der Waals surface area contributed by atoms with Crippen molar-refractivity contribution in [3.05, 3.63) is 35.9 Å². The van der Waals surface area contributed by atoms with Crippen LogP contribution in [0.2, 0.25) is 0 Å². The summed E-state index contributed by atoms with van der Waals surface area (Å²) in [6, 6.07) is 10.6. The smallest absolute Gasteiger partial charge is 0.0484 e. The maximum atomic E-state index is 6.07. The average molecular weight is 248 g/mol.